The number of carboxylic acids is 1. The van der Waals surface area contributed by atoms with Gasteiger partial charge in [-0.2, -0.15) is 0 Å². The molecule has 1 aromatic rings. The topological polar surface area (TPSA) is 66.8 Å². The summed E-state index contributed by atoms with van der Waals surface area (Å²) in [5, 5.41) is 9.27. The number of carboxylic acid groups (broad SMARTS) is 1. The van der Waals surface area contributed by atoms with E-state index in [0.29, 0.717) is 42.3 Å². The van der Waals surface area contributed by atoms with E-state index in [4.69, 9.17) is 4.74 Å². The van der Waals surface area contributed by atoms with Gasteiger partial charge >= 0.3 is 11.9 Å². The summed E-state index contributed by atoms with van der Waals surface area (Å²) in [4.78, 5) is 26.1. The largest absolute Gasteiger partial charge is 0.481 e. The van der Waals surface area contributed by atoms with Crippen LogP contribution in [0.4, 0.5) is 4.39 Å². The van der Waals surface area contributed by atoms with Gasteiger partial charge < -0.3 is 9.84 Å². The first-order valence-electron chi connectivity index (χ1n) is 11.7. The molecule has 32 heavy (non-hydrogen) atoms. The Morgan fingerprint density at radius 2 is 2.06 bits per heavy atom. The highest BCUT2D eigenvalue weighted by atomic mass is 19.1. The van der Waals surface area contributed by atoms with Crippen molar-refractivity contribution in [1.29, 1.82) is 0 Å². The normalized spacial score (nSPS) is 33.2. The number of hydrogen-bond donors (Lipinski definition) is 1. The lowest BCUT2D eigenvalue weighted by Crippen LogP contribution is -2.83. The number of rotatable bonds is 7. The second kappa shape index (κ2) is 9.04. The highest BCUT2D eigenvalue weighted by Crippen LogP contribution is 2.39. The maximum absolute atomic E-state index is 14.4. The van der Waals surface area contributed by atoms with E-state index < -0.39 is 5.97 Å². The molecule has 1 aliphatic carbocycles. The van der Waals surface area contributed by atoms with Gasteiger partial charge in [0.1, 0.15) is 24.4 Å². The zero-order valence-electron chi connectivity index (χ0n) is 19.0. The summed E-state index contributed by atoms with van der Waals surface area (Å²) >= 11 is 0. The lowest BCUT2D eigenvalue weighted by molar-refractivity contribution is -0.933. The van der Waals surface area contributed by atoms with Gasteiger partial charge in [0, 0.05) is 19.2 Å². The summed E-state index contributed by atoms with van der Waals surface area (Å²) < 4.78 is 21.4. The third-order valence-corrected chi connectivity index (χ3v) is 8.07. The van der Waals surface area contributed by atoms with Gasteiger partial charge in [0.25, 0.3) is 0 Å². The van der Waals surface area contributed by atoms with E-state index >= 15 is 0 Å². The molecule has 3 heterocycles. The molecule has 1 saturated carbocycles. The second-order valence-electron chi connectivity index (χ2n) is 9.73. The molecule has 4 aliphatic rings. The number of nitrogens with zero attached hydrogens (tertiary/aromatic N) is 2. The molecule has 4 atom stereocenters. The van der Waals surface area contributed by atoms with Crippen LogP contribution in [0, 0.1) is 18.7 Å². The molecule has 1 amide bonds. The fourth-order valence-corrected chi connectivity index (χ4v) is 5.77. The molecule has 1 N–H and O–H groups in total. The van der Waals surface area contributed by atoms with Crippen LogP contribution in [-0.4, -0.2) is 70.7 Å². The molecule has 0 spiro atoms. The van der Waals surface area contributed by atoms with Crippen LogP contribution in [0.1, 0.15) is 49.8 Å². The van der Waals surface area contributed by atoms with Crippen molar-refractivity contribution in [1.82, 2.24) is 4.90 Å². The van der Waals surface area contributed by atoms with Crippen molar-refractivity contribution in [2.45, 2.75) is 63.8 Å². The monoisotopic (exact) mass is 445 g/mol. The Morgan fingerprint density at radius 3 is 2.62 bits per heavy atom. The number of aryl methyl sites for hydroxylation is 1. The van der Waals surface area contributed by atoms with Gasteiger partial charge in [-0.3, -0.25) is 14.2 Å². The summed E-state index contributed by atoms with van der Waals surface area (Å²) in [7, 11) is 0. The molecule has 3 aliphatic heterocycles. The van der Waals surface area contributed by atoms with Gasteiger partial charge in [-0.1, -0.05) is 18.7 Å². The fraction of sp³-hybridized carbons (Fsp3) is 0.600. The first kappa shape index (κ1) is 23.1. The molecule has 3 saturated heterocycles. The van der Waals surface area contributed by atoms with Crippen molar-refractivity contribution >= 4 is 11.9 Å². The Bertz CT molecular complexity index is 894. The average molecular weight is 446 g/mol. The zero-order chi connectivity index (χ0) is 23.0. The molecule has 2 bridgehead atoms. The zero-order valence-corrected chi connectivity index (χ0v) is 19.0. The van der Waals surface area contributed by atoms with Crippen LogP contribution < -0.4 is 0 Å². The average Bonchev–Trinajstić information content (AvgIpc) is 2.79. The van der Waals surface area contributed by atoms with E-state index in [2.05, 4.69) is 18.4 Å². The van der Waals surface area contributed by atoms with Crippen molar-refractivity contribution in [3.8, 4) is 0 Å². The number of hydrogen-bond acceptors (Lipinski definition) is 4. The van der Waals surface area contributed by atoms with Gasteiger partial charge in [0.05, 0.1) is 24.7 Å². The number of halogens is 1. The van der Waals surface area contributed by atoms with E-state index in [1.54, 1.807) is 19.1 Å². The Balaban J connectivity index is 1.48. The highest BCUT2D eigenvalue weighted by molar-refractivity contribution is 5.81. The molecular formula is C25H34FN2O4+. The maximum Gasteiger partial charge on any atom is 0.338 e. The quantitative estimate of drug-likeness (QED) is 0.514. The number of fused-ring (bicyclic) bond motifs is 2. The summed E-state index contributed by atoms with van der Waals surface area (Å²) in [5.41, 5.74) is 1.42. The first-order chi connectivity index (χ1) is 15.2. The van der Waals surface area contributed by atoms with Gasteiger partial charge in [0.2, 0.25) is 0 Å². The summed E-state index contributed by atoms with van der Waals surface area (Å²) in [6.45, 7) is 10.5. The SMILES string of the molecule is C=CC(=O)[N+]12CCN(CC(OC3CCC(C(=O)O)CC3)c3ccc(C)c(F)c3)C(C1)[C@H]2C. The van der Waals surface area contributed by atoms with Crippen LogP contribution in [0.25, 0.3) is 0 Å². The minimum absolute atomic E-state index is 0.0271. The van der Waals surface area contributed by atoms with Crippen molar-refractivity contribution < 1.29 is 28.3 Å². The molecule has 5 rings (SSSR count). The van der Waals surface area contributed by atoms with Crippen LogP contribution in [0.15, 0.2) is 30.9 Å². The standard InChI is InChI=1S/C25H33FN2O4/c1-4-24(29)28-12-11-27(22(15-28)17(28)3)14-23(19-6-5-16(2)21(26)13-19)32-20-9-7-18(8-10-20)25(30)31/h4-6,13,17-18,20,22-23H,1,7-12,14-15H2,2-3H3/p+1/t17-,18?,20?,22?,23?,28?/m1/s1. The van der Waals surface area contributed by atoms with E-state index in [1.807, 2.05) is 6.07 Å². The summed E-state index contributed by atoms with van der Waals surface area (Å²) in [6, 6.07) is 5.78. The molecular weight excluding hydrogens is 411 g/mol. The number of ether oxygens (including phenoxy) is 1. The highest BCUT2D eigenvalue weighted by Gasteiger charge is 2.61. The number of aliphatic carboxylic acids is 1. The van der Waals surface area contributed by atoms with Crippen LogP contribution in [-0.2, 0) is 14.3 Å². The van der Waals surface area contributed by atoms with Gasteiger partial charge in [0.15, 0.2) is 0 Å². The molecule has 6 nitrogen and oxygen atoms in total. The molecule has 1 aromatic carbocycles. The minimum atomic E-state index is -0.733. The van der Waals surface area contributed by atoms with Crippen LogP contribution in [0.5, 0.6) is 0 Å². The predicted molar refractivity (Wildman–Crippen MR) is 118 cm³/mol. The van der Waals surface area contributed by atoms with Crippen LogP contribution >= 0.6 is 0 Å². The van der Waals surface area contributed by atoms with Crippen molar-refractivity contribution in [2.75, 3.05) is 26.2 Å². The molecule has 0 radical (unpaired) electrons. The fourth-order valence-electron chi connectivity index (χ4n) is 5.77. The van der Waals surface area contributed by atoms with Crippen molar-refractivity contribution in [3.63, 3.8) is 0 Å². The van der Waals surface area contributed by atoms with E-state index in [-0.39, 0.29) is 41.9 Å². The summed E-state index contributed by atoms with van der Waals surface area (Å²) in [6.07, 6.45) is 3.76. The molecule has 3 unspecified atom stereocenters. The third kappa shape index (κ3) is 4.14. The third-order valence-electron chi connectivity index (χ3n) is 8.07. The van der Waals surface area contributed by atoms with Gasteiger partial charge in [-0.05, 0) is 56.7 Å². The number of amides is 1. The Labute approximate surface area is 189 Å². The number of quaternary nitrogens is 1. The lowest BCUT2D eigenvalue weighted by Gasteiger charge is -2.61. The number of carbonyl (C=O) groups excluding carboxylic acids is 1. The van der Waals surface area contributed by atoms with Crippen LogP contribution in [0.2, 0.25) is 0 Å². The lowest BCUT2D eigenvalue weighted by atomic mass is 9.86. The number of carbonyl (C=O) groups is 2. The summed E-state index contributed by atoms with van der Waals surface area (Å²) in [5.74, 6) is -1.18. The smallest absolute Gasteiger partial charge is 0.338 e. The van der Waals surface area contributed by atoms with Crippen LogP contribution in [0.3, 0.4) is 0 Å². The van der Waals surface area contributed by atoms with Gasteiger partial charge in [-0.15, -0.1) is 0 Å². The van der Waals surface area contributed by atoms with E-state index in [0.717, 1.165) is 25.2 Å². The Kier molecular flexibility index (Phi) is 6.52. The predicted octanol–water partition coefficient (Wildman–Crippen LogP) is 3.45. The van der Waals surface area contributed by atoms with Gasteiger partial charge in [-0.25, -0.2) is 9.18 Å². The van der Waals surface area contributed by atoms with Crippen molar-refractivity contribution in [3.05, 3.63) is 47.8 Å². The molecule has 7 heteroatoms. The Morgan fingerprint density at radius 1 is 1.34 bits per heavy atom. The molecule has 174 valence electrons. The molecule has 0 aromatic heterocycles. The molecule has 4 fully saturated rings. The maximum atomic E-state index is 14.4. The first-order valence-corrected chi connectivity index (χ1v) is 11.7. The minimum Gasteiger partial charge on any atom is -0.481 e. The number of piperazine rings is 2. The van der Waals surface area contributed by atoms with E-state index in [1.165, 1.54) is 6.08 Å². The second-order valence-corrected chi connectivity index (χ2v) is 9.73. The van der Waals surface area contributed by atoms with E-state index in [9.17, 15) is 19.1 Å². The Hall–Kier alpha value is -2.09. The van der Waals surface area contributed by atoms with Crippen molar-refractivity contribution in [2.24, 2.45) is 5.92 Å². The number of benzene rings is 1.